The van der Waals surface area contributed by atoms with Crippen molar-refractivity contribution < 1.29 is 9.53 Å². The van der Waals surface area contributed by atoms with Crippen molar-refractivity contribution in [2.45, 2.75) is 0 Å². The first-order chi connectivity index (χ1) is 12.8. The molecule has 0 saturated heterocycles. The lowest BCUT2D eigenvalue weighted by Gasteiger charge is -2.13. The Morgan fingerprint density at radius 2 is 1.54 bits per heavy atom. The molecule has 3 aromatic carbocycles. The van der Waals surface area contributed by atoms with E-state index in [-0.39, 0.29) is 12.5 Å². The number of amides is 1. The fraction of sp³-hybridized carbons (Fsp3) is 0.0476. The molecule has 0 unspecified atom stereocenters. The number of hydrogen-bond donors (Lipinski definition) is 2. The van der Waals surface area contributed by atoms with Gasteiger partial charge in [-0.15, -0.1) is 0 Å². The number of nitrogens with one attached hydrogen (secondary N) is 2. The van der Waals surface area contributed by atoms with Gasteiger partial charge in [0.2, 0.25) is 5.91 Å². The topological polar surface area (TPSA) is 74.2 Å². The van der Waals surface area contributed by atoms with Gasteiger partial charge in [-0.1, -0.05) is 42.5 Å². The lowest BCUT2D eigenvalue weighted by atomic mass is 10.2. The standard InChI is InChI=1S/C21H17N3O2/c22-14-16-8-4-5-11-18(16)23-15-21(25)24-19-12-6-7-13-20(19)26-17-9-2-1-3-10-17/h1-13,23H,15H2,(H,24,25). The van der Waals surface area contributed by atoms with Gasteiger partial charge in [-0.3, -0.25) is 4.79 Å². The first kappa shape index (κ1) is 17.1. The number of hydrogen-bond acceptors (Lipinski definition) is 4. The van der Waals surface area contributed by atoms with Crippen molar-refractivity contribution in [1.29, 1.82) is 5.26 Å². The Balaban J connectivity index is 1.65. The highest BCUT2D eigenvalue weighted by atomic mass is 16.5. The van der Waals surface area contributed by atoms with E-state index in [4.69, 9.17) is 10.00 Å². The van der Waals surface area contributed by atoms with Crippen molar-refractivity contribution in [3.8, 4) is 17.6 Å². The van der Waals surface area contributed by atoms with Gasteiger partial charge in [0.15, 0.2) is 5.75 Å². The van der Waals surface area contributed by atoms with Gasteiger partial charge in [0.05, 0.1) is 23.5 Å². The summed E-state index contributed by atoms with van der Waals surface area (Å²) in [5.41, 5.74) is 1.70. The van der Waals surface area contributed by atoms with Crippen LogP contribution in [0.3, 0.4) is 0 Å². The molecule has 26 heavy (non-hydrogen) atoms. The molecule has 1 amide bonds. The fourth-order valence-electron chi connectivity index (χ4n) is 2.38. The number of benzene rings is 3. The summed E-state index contributed by atoms with van der Waals surface area (Å²) in [6.07, 6.45) is 0. The van der Waals surface area contributed by atoms with E-state index in [0.717, 1.165) is 0 Å². The number of para-hydroxylation sites is 4. The molecule has 0 bridgehead atoms. The molecule has 0 aliphatic heterocycles. The van der Waals surface area contributed by atoms with Crippen LogP contribution in [-0.4, -0.2) is 12.5 Å². The lowest BCUT2D eigenvalue weighted by molar-refractivity contribution is -0.114. The van der Waals surface area contributed by atoms with E-state index in [1.807, 2.05) is 48.5 Å². The number of anilines is 2. The molecule has 3 aromatic rings. The van der Waals surface area contributed by atoms with Crippen LogP contribution in [0.4, 0.5) is 11.4 Å². The Labute approximate surface area is 151 Å². The molecule has 0 radical (unpaired) electrons. The van der Waals surface area contributed by atoms with Crippen LogP contribution in [-0.2, 0) is 4.79 Å². The third kappa shape index (κ3) is 4.40. The Kier molecular flexibility index (Phi) is 5.48. The average molecular weight is 343 g/mol. The maximum absolute atomic E-state index is 12.3. The summed E-state index contributed by atoms with van der Waals surface area (Å²) in [7, 11) is 0. The maximum Gasteiger partial charge on any atom is 0.243 e. The van der Waals surface area contributed by atoms with E-state index in [0.29, 0.717) is 28.4 Å². The van der Waals surface area contributed by atoms with Gasteiger partial charge in [-0.05, 0) is 36.4 Å². The molecule has 0 aliphatic rings. The van der Waals surface area contributed by atoms with Crippen LogP contribution >= 0.6 is 0 Å². The summed E-state index contributed by atoms with van der Waals surface area (Å²) in [4.78, 5) is 12.3. The fourth-order valence-corrected chi connectivity index (χ4v) is 2.38. The normalized spacial score (nSPS) is 9.81. The van der Waals surface area contributed by atoms with Crippen LogP contribution in [0, 0.1) is 11.3 Å². The van der Waals surface area contributed by atoms with Crippen LogP contribution in [0.1, 0.15) is 5.56 Å². The van der Waals surface area contributed by atoms with E-state index in [9.17, 15) is 4.79 Å². The molecule has 0 fully saturated rings. The van der Waals surface area contributed by atoms with Crippen molar-refractivity contribution in [1.82, 2.24) is 0 Å². The van der Waals surface area contributed by atoms with Gasteiger partial charge < -0.3 is 15.4 Å². The van der Waals surface area contributed by atoms with Crippen molar-refractivity contribution in [3.63, 3.8) is 0 Å². The zero-order valence-corrected chi connectivity index (χ0v) is 14.0. The van der Waals surface area contributed by atoms with E-state index in [1.165, 1.54) is 0 Å². The quantitative estimate of drug-likeness (QED) is 0.695. The minimum Gasteiger partial charge on any atom is -0.455 e. The van der Waals surface area contributed by atoms with Gasteiger partial charge in [0.1, 0.15) is 11.8 Å². The summed E-state index contributed by atoms with van der Waals surface area (Å²) in [6.45, 7) is 0.0400. The van der Waals surface area contributed by atoms with E-state index < -0.39 is 0 Å². The maximum atomic E-state index is 12.3. The van der Waals surface area contributed by atoms with Crippen molar-refractivity contribution in [2.24, 2.45) is 0 Å². The highest BCUT2D eigenvalue weighted by Gasteiger charge is 2.09. The van der Waals surface area contributed by atoms with Gasteiger partial charge in [-0.2, -0.15) is 5.26 Å². The molecule has 0 saturated carbocycles. The van der Waals surface area contributed by atoms with Crippen LogP contribution in [0.5, 0.6) is 11.5 Å². The predicted octanol–water partition coefficient (Wildman–Crippen LogP) is 4.40. The smallest absolute Gasteiger partial charge is 0.243 e. The van der Waals surface area contributed by atoms with Crippen molar-refractivity contribution in [3.05, 3.63) is 84.4 Å². The number of nitrogens with zero attached hydrogens (tertiary/aromatic N) is 1. The molecule has 0 heterocycles. The molecular weight excluding hydrogens is 326 g/mol. The summed E-state index contributed by atoms with van der Waals surface area (Å²) >= 11 is 0. The van der Waals surface area contributed by atoms with E-state index >= 15 is 0 Å². The molecular formula is C21H17N3O2. The SMILES string of the molecule is N#Cc1ccccc1NCC(=O)Nc1ccccc1Oc1ccccc1. The predicted molar refractivity (Wildman–Crippen MR) is 101 cm³/mol. The second-order valence-corrected chi connectivity index (χ2v) is 5.47. The zero-order valence-electron chi connectivity index (χ0n) is 14.0. The first-order valence-corrected chi connectivity index (χ1v) is 8.11. The Bertz CT molecular complexity index is 933. The summed E-state index contributed by atoms with van der Waals surface area (Å²) in [5.74, 6) is 1.02. The molecule has 5 heteroatoms. The zero-order chi connectivity index (χ0) is 18.2. The van der Waals surface area contributed by atoms with E-state index in [1.54, 1.807) is 30.3 Å². The van der Waals surface area contributed by atoms with Gasteiger partial charge in [0.25, 0.3) is 0 Å². The highest BCUT2D eigenvalue weighted by Crippen LogP contribution is 2.29. The second kappa shape index (κ2) is 8.36. The lowest BCUT2D eigenvalue weighted by Crippen LogP contribution is -2.22. The van der Waals surface area contributed by atoms with Crippen LogP contribution in [0.15, 0.2) is 78.9 Å². The summed E-state index contributed by atoms with van der Waals surface area (Å²) < 4.78 is 5.83. The van der Waals surface area contributed by atoms with Gasteiger partial charge in [-0.25, -0.2) is 0 Å². The molecule has 3 rings (SSSR count). The second-order valence-electron chi connectivity index (χ2n) is 5.47. The third-order valence-electron chi connectivity index (χ3n) is 3.62. The van der Waals surface area contributed by atoms with Crippen LogP contribution in [0.2, 0.25) is 0 Å². The van der Waals surface area contributed by atoms with Gasteiger partial charge >= 0.3 is 0 Å². The van der Waals surface area contributed by atoms with Crippen molar-refractivity contribution in [2.75, 3.05) is 17.2 Å². The Morgan fingerprint density at radius 1 is 0.885 bits per heavy atom. The minimum absolute atomic E-state index is 0.0400. The van der Waals surface area contributed by atoms with E-state index in [2.05, 4.69) is 16.7 Å². The molecule has 5 nitrogen and oxygen atoms in total. The number of carbonyl (C=O) groups excluding carboxylic acids is 1. The van der Waals surface area contributed by atoms with Crippen molar-refractivity contribution >= 4 is 17.3 Å². The number of ether oxygens (including phenoxy) is 1. The number of nitriles is 1. The van der Waals surface area contributed by atoms with Crippen LogP contribution in [0.25, 0.3) is 0 Å². The average Bonchev–Trinajstić information content (AvgIpc) is 2.69. The largest absolute Gasteiger partial charge is 0.455 e. The molecule has 0 spiro atoms. The molecule has 0 atom stereocenters. The Morgan fingerprint density at radius 3 is 2.31 bits per heavy atom. The monoisotopic (exact) mass is 343 g/mol. The molecule has 0 aromatic heterocycles. The molecule has 0 aliphatic carbocycles. The first-order valence-electron chi connectivity index (χ1n) is 8.11. The van der Waals surface area contributed by atoms with Crippen LogP contribution < -0.4 is 15.4 Å². The number of carbonyl (C=O) groups is 1. The highest BCUT2D eigenvalue weighted by molar-refractivity contribution is 5.95. The molecule has 2 N–H and O–H groups in total. The summed E-state index contributed by atoms with van der Waals surface area (Å²) in [5, 5.41) is 14.9. The number of rotatable bonds is 6. The Hall–Kier alpha value is -3.78. The summed E-state index contributed by atoms with van der Waals surface area (Å²) in [6, 6.07) is 25.7. The van der Waals surface area contributed by atoms with Gasteiger partial charge in [0, 0.05) is 0 Å². The third-order valence-corrected chi connectivity index (χ3v) is 3.62. The molecule has 128 valence electrons. The minimum atomic E-state index is -0.234.